The number of aryl methyl sites for hydroxylation is 1. The lowest BCUT2D eigenvalue weighted by Gasteiger charge is -2.01. The second-order valence-corrected chi connectivity index (χ2v) is 3.93. The van der Waals surface area contributed by atoms with Gasteiger partial charge in [-0.25, -0.2) is 9.66 Å². The van der Waals surface area contributed by atoms with E-state index < -0.39 is 0 Å². The van der Waals surface area contributed by atoms with Gasteiger partial charge in [-0.15, -0.1) is 10.2 Å². The molecule has 2 heterocycles. The van der Waals surface area contributed by atoms with Crippen LogP contribution in [0.5, 0.6) is 0 Å². The third-order valence-corrected chi connectivity index (χ3v) is 2.89. The van der Waals surface area contributed by atoms with Crippen molar-refractivity contribution in [3.63, 3.8) is 0 Å². The van der Waals surface area contributed by atoms with Gasteiger partial charge in [0.25, 0.3) is 0 Å². The monoisotopic (exact) mass is 232 g/mol. The molecule has 0 aromatic carbocycles. The Kier molecular flexibility index (Phi) is 2.74. The molecular formula is C9H8N6S. The molecule has 0 saturated heterocycles. The fraction of sp³-hybridized carbons (Fsp3) is 0.111. The smallest absolute Gasteiger partial charge is 0.216 e. The highest BCUT2D eigenvalue weighted by molar-refractivity contribution is 7.99. The normalized spacial score (nSPS) is 10.0. The highest BCUT2D eigenvalue weighted by Crippen LogP contribution is 2.25. The summed E-state index contributed by atoms with van der Waals surface area (Å²) in [6, 6.07) is 5.46. The fourth-order valence-electron chi connectivity index (χ4n) is 1.06. The average molecular weight is 232 g/mol. The molecule has 2 rings (SSSR count). The summed E-state index contributed by atoms with van der Waals surface area (Å²) in [5.74, 6) is 6.31. The van der Waals surface area contributed by atoms with Gasteiger partial charge in [-0.3, -0.25) is 0 Å². The molecule has 0 aliphatic heterocycles. The van der Waals surface area contributed by atoms with Crippen molar-refractivity contribution in [3.05, 3.63) is 29.7 Å². The van der Waals surface area contributed by atoms with E-state index in [-0.39, 0.29) is 0 Å². The summed E-state index contributed by atoms with van der Waals surface area (Å²) in [4.78, 5) is 4.10. The number of rotatable bonds is 2. The van der Waals surface area contributed by atoms with E-state index >= 15 is 0 Å². The minimum absolute atomic E-state index is 0.494. The molecule has 0 unspecified atom stereocenters. The molecule has 16 heavy (non-hydrogen) atoms. The van der Waals surface area contributed by atoms with Gasteiger partial charge in [0.2, 0.25) is 5.16 Å². The minimum atomic E-state index is 0.494. The van der Waals surface area contributed by atoms with Gasteiger partial charge in [0, 0.05) is 6.20 Å². The Hall–Kier alpha value is -2.07. The van der Waals surface area contributed by atoms with Crippen LogP contribution in [0.3, 0.4) is 0 Å². The van der Waals surface area contributed by atoms with Gasteiger partial charge >= 0.3 is 0 Å². The highest BCUT2D eigenvalue weighted by Gasteiger charge is 2.11. The fourth-order valence-corrected chi connectivity index (χ4v) is 1.89. The van der Waals surface area contributed by atoms with E-state index in [4.69, 9.17) is 11.1 Å². The van der Waals surface area contributed by atoms with E-state index in [2.05, 4.69) is 21.3 Å². The summed E-state index contributed by atoms with van der Waals surface area (Å²) in [7, 11) is 0. The summed E-state index contributed by atoms with van der Waals surface area (Å²) >= 11 is 1.22. The quantitative estimate of drug-likeness (QED) is 0.767. The number of aromatic nitrogens is 4. The molecule has 2 aromatic heterocycles. The maximum atomic E-state index is 8.89. The zero-order valence-electron chi connectivity index (χ0n) is 8.45. The molecule has 0 spiro atoms. The molecule has 2 aromatic rings. The van der Waals surface area contributed by atoms with Crippen LogP contribution in [-0.4, -0.2) is 19.9 Å². The number of nitriles is 1. The molecule has 80 valence electrons. The maximum absolute atomic E-state index is 8.89. The number of nitrogen functional groups attached to an aromatic ring is 1. The number of nitrogens with zero attached hydrogens (tertiary/aromatic N) is 5. The van der Waals surface area contributed by atoms with Crippen molar-refractivity contribution in [2.75, 3.05) is 5.84 Å². The van der Waals surface area contributed by atoms with Gasteiger partial charge in [0.15, 0.2) is 0 Å². The van der Waals surface area contributed by atoms with Crippen LogP contribution in [0.25, 0.3) is 0 Å². The van der Waals surface area contributed by atoms with Crippen molar-refractivity contribution in [2.45, 2.75) is 17.1 Å². The Labute approximate surface area is 96.1 Å². The van der Waals surface area contributed by atoms with Crippen LogP contribution in [0.4, 0.5) is 0 Å². The van der Waals surface area contributed by atoms with Crippen LogP contribution in [0, 0.1) is 18.3 Å². The first kappa shape index (κ1) is 10.4. The van der Waals surface area contributed by atoms with E-state index in [9.17, 15) is 0 Å². The lowest BCUT2D eigenvalue weighted by atomic mass is 10.3. The van der Waals surface area contributed by atoms with Crippen molar-refractivity contribution < 1.29 is 0 Å². The van der Waals surface area contributed by atoms with Crippen LogP contribution in [-0.2, 0) is 0 Å². The van der Waals surface area contributed by atoms with E-state index in [0.29, 0.717) is 21.6 Å². The SMILES string of the molecule is Cc1nnc(Sc2ncccc2C#N)n1N. The van der Waals surface area contributed by atoms with Gasteiger partial charge in [-0.1, -0.05) is 0 Å². The van der Waals surface area contributed by atoms with Crippen molar-refractivity contribution in [2.24, 2.45) is 0 Å². The molecule has 0 atom stereocenters. The molecular weight excluding hydrogens is 224 g/mol. The standard InChI is InChI=1S/C9H8N6S/c1-6-13-14-9(15(6)11)16-8-7(5-10)3-2-4-12-8/h2-4H,11H2,1H3. The third kappa shape index (κ3) is 1.83. The predicted octanol–water partition coefficient (Wildman–Crippen LogP) is 0.718. The Bertz CT molecular complexity index is 555. The Morgan fingerprint density at radius 1 is 1.50 bits per heavy atom. The molecule has 0 aliphatic carbocycles. The molecule has 0 saturated carbocycles. The Balaban J connectivity index is 2.35. The van der Waals surface area contributed by atoms with E-state index in [1.165, 1.54) is 16.4 Å². The van der Waals surface area contributed by atoms with E-state index in [0.717, 1.165) is 0 Å². The summed E-state index contributed by atoms with van der Waals surface area (Å²) in [5, 5.41) is 17.7. The van der Waals surface area contributed by atoms with Crippen LogP contribution >= 0.6 is 11.8 Å². The van der Waals surface area contributed by atoms with Crippen LogP contribution in [0.15, 0.2) is 28.5 Å². The molecule has 0 aliphatic rings. The third-order valence-electron chi connectivity index (χ3n) is 1.91. The number of pyridine rings is 1. The number of nitrogens with two attached hydrogens (primary N) is 1. The molecule has 0 radical (unpaired) electrons. The molecule has 0 bridgehead atoms. The first-order valence-electron chi connectivity index (χ1n) is 4.42. The van der Waals surface area contributed by atoms with Crippen molar-refractivity contribution in [3.8, 4) is 6.07 Å². The summed E-state index contributed by atoms with van der Waals surface area (Å²) in [6.45, 7) is 1.75. The van der Waals surface area contributed by atoms with Crippen LogP contribution in [0.2, 0.25) is 0 Å². The topological polar surface area (TPSA) is 93.4 Å². The van der Waals surface area contributed by atoms with Gasteiger partial charge in [-0.2, -0.15) is 5.26 Å². The second-order valence-electron chi connectivity index (χ2n) is 2.97. The first-order valence-corrected chi connectivity index (χ1v) is 5.24. The van der Waals surface area contributed by atoms with E-state index in [1.807, 2.05) is 0 Å². The molecule has 6 nitrogen and oxygen atoms in total. The van der Waals surface area contributed by atoms with Gasteiger partial charge in [0.1, 0.15) is 16.9 Å². The van der Waals surface area contributed by atoms with Crippen LogP contribution in [0.1, 0.15) is 11.4 Å². The molecule has 2 N–H and O–H groups in total. The predicted molar refractivity (Wildman–Crippen MR) is 58.0 cm³/mol. The van der Waals surface area contributed by atoms with Gasteiger partial charge in [-0.05, 0) is 30.8 Å². The van der Waals surface area contributed by atoms with Crippen molar-refractivity contribution in [1.82, 2.24) is 19.9 Å². The zero-order valence-corrected chi connectivity index (χ0v) is 9.27. The first-order chi connectivity index (χ1) is 7.72. The Morgan fingerprint density at radius 2 is 2.31 bits per heavy atom. The highest BCUT2D eigenvalue weighted by atomic mass is 32.2. The minimum Gasteiger partial charge on any atom is -0.336 e. The summed E-state index contributed by atoms with van der Waals surface area (Å²) < 4.78 is 1.36. The van der Waals surface area contributed by atoms with Crippen molar-refractivity contribution in [1.29, 1.82) is 5.26 Å². The van der Waals surface area contributed by atoms with Crippen molar-refractivity contribution >= 4 is 11.8 Å². The summed E-state index contributed by atoms with van der Waals surface area (Å²) in [5.41, 5.74) is 0.494. The lowest BCUT2D eigenvalue weighted by Crippen LogP contribution is -2.11. The maximum Gasteiger partial charge on any atom is 0.216 e. The lowest BCUT2D eigenvalue weighted by molar-refractivity contribution is 0.823. The van der Waals surface area contributed by atoms with E-state index in [1.54, 1.807) is 25.3 Å². The largest absolute Gasteiger partial charge is 0.336 e. The molecule has 7 heteroatoms. The van der Waals surface area contributed by atoms with Crippen LogP contribution < -0.4 is 5.84 Å². The van der Waals surface area contributed by atoms with Gasteiger partial charge in [0.05, 0.1) is 5.56 Å². The van der Waals surface area contributed by atoms with Gasteiger partial charge < -0.3 is 5.84 Å². The second kappa shape index (κ2) is 4.20. The molecule has 0 amide bonds. The average Bonchev–Trinajstić information content (AvgIpc) is 2.62. The number of hydrogen-bond donors (Lipinski definition) is 1. The molecule has 0 fully saturated rings. The summed E-state index contributed by atoms with van der Waals surface area (Å²) in [6.07, 6.45) is 1.62. The Morgan fingerprint density at radius 3 is 2.94 bits per heavy atom. The number of hydrogen-bond acceptors (Lipinski definition) is 6. The zero-order chi connectivity index (χ0) is 11.5.